The number of fused-ring (bicyclic) bond motifs is 1. The molecule has 3 aromatic rings. The maximum Gasteiger partial charge on any atom is 0.227 e. The number of oxazole rings is 1. The van der Waals surface area contributed by atoms with Crippen LogP contribution in [0.1, 0.15) is 63.0 Å². The van der Waals surface area contributed by atoms with Gasteiger partial charge in [0, 0.05) is 29.6 Å². The molecule has 1 aliphatic carbocycles. The molecule has 2 aromatic heterocycles. The van der Waals surface area contributed by atoms with E-state index in [4.69, 9.17) is 32.7 Å². The van der Waals surface area contributed by atoms with Gasteiger partial charge in [0.05, 0.1) is 16.3 Å². The zero-order valence-corrected chi connectivity index (χ0v) is 19.1. The smallest absolute Gasteiger partial charge is 0.227 e. The summed E-state index contributed by atoms with van der Waals surface area (Å²) in [5.74, 6) is 1.98. The van der Waals surface area contributed by atoms with E-state index in [9.17, 15) is 0 Å². The van der Waals surface area contributed by atoms with Crippen molar-refractivity contribution in [1.82, 2.24) is 14.5 Å². The van der Waals surface area contributed by atoms with Gasteiger partial charge < -0.3 is 4.42 Å². The van der Waals surface area contributed by atoms with Crippen LogP contribution in [0.3, 0.4) is 0 Å². The van der Waals surface area contributed by atoms with E-state index in [0.29, 0.717) is 10.0 Å². The Morgan fingerprint density at radius 2 is 2.03 bits per heavy atom. The molecule has 1 aromatic carbocycles. The molecule has 0 radical (unpaired) electrons. The van der Waals surface area contributed by atoms with Crippen molar-refractivity contribution >= 4 is 28.9 Å². The molecule has 156 valence electrons. The van der Waals surface area contributed by atoms with Crippen molar-refractivity contribution in [2.75, 3.05) is 13.1 Å². The first-order valence-electron chi connectivity index (χ1n) is 10.6. The number of hydrogen-bond donors (Lipinski definition) is 0. The first kappa shape index (κ1) is 20.8. The molecule has 1 fully saturated rings. The van der Waals surface area contributed by atoms with Gasteiger partial charge in [0.15, 0.2) is 0 Å². The number of aryl methyl sites for hydroxylation is 1. The second-order valence-electron chi connectivity index (χ2n) is 8.55. The molecule has 0 spiro atoms. The Balaban J connectivity index is 1.80. The fourth-order valence-corrected chi connectivity index (χ4v) is 4.49. The molecule has 0 N–H and O–H groups in total. The van der Waals surface area contributed by atoms with Crippen LogP contribution < -0.4 is 0 Å². The molecule has 2 heterocycles. The summed E-state index contributed by atoms with van der Waals surface area (Å²) in [6.45, 7) is 11.7. The second kappa shape index (κ2) is 8.33. The normalized spacial score (nSPS) is 14.6. The van der Waals surface area contributed by atoms with Crippen LogP contribution in [-0.4, -0.2) is 27.6 Å². The average molecular weight is 434 g/mol. The van der Waals surface area contributed by atoms with Gasteiger partial charge in [-0.25, -0.2) is 0 Å². The summed E-state index contributed by atoms with van der Waals surface area (Å²) < 4.78 is 8.37. The number of aromatic nitrogens is 2. The summed E-state index contributed by atoms with van der Waals surface area (Å²) in [7, 11) is 0. The summed E-state index contributed by atoms with van der Waals surface area (Å²) in [4.78, 5) is 2.55. The highest BCUT2D eigenvalue weighted by atomic mass is 35.5. The van der Waals surface area contributed by atoms with Crippen molar-refractivity contribution in [2.24, 2.45) is 5.92 Å². The highest BCUT2D eigenvalue weighted by molar-refractivity contribution is 6.36. The maximum atomic E-state index is 6.56. The van der Waals surface area contributed by atoms with Crippen LogP contribution in [0.2, 0.25) is 10.0 Å². The van der Waals surface area contributed by atoms with Gasteiger partial charge in [0.25, 0.3) is 0 Å². The van der Waals surface area contributed by atoms with Crippen molar-refractivity contribution in [2.45, 2.75) is 59.4 Å². The Labute approximate surface area is 182 Å². The van der Waals surface area contributed by atoms with Crippen LogP contribution in [0.15, 0.2) is 22.6 Å². The molecule has 6 heteroatoms. The lowest BCUT2D eigenvalue weighted by atomic mass is 10.0. The molecule has 0 saturated heterocycles. The van der Waals surface area contributed by atoms with Gasteiger partial charge in [0.2, 0.25) is 5.71 Å². The topological polar surface area (TPSA) is 33.7 Å². The monoisotopic (exact) mass is 433 g/mol. The minimum Gasteiger partial charge on any atom is -0.440 e. The first-order valence-corrected chi connectivity index (χ1v) is 11.3. The number of rotatable bonds is 8. The average Bonchev–Trinajstić information content (AvgIpc) is 3.32. The van der Waals surface area contributed by atoms with E-state index < -0.39 is 0 Å². The Morgan fingerprint density at radius 3 is 2.66 bits per heavy atom. The van der Waals surface area contributed by atoms with E-state index in [1.807, 2.05) is 16.6 Å². The molecule has 1 aliphatic rings. The van der Waals surface area contributed by atoms with Crippen molar-refractivity contribution in [3.05, 3.63) is 45.3 Å². The fourth-order valence-electron chi connectivity index (χ4n) is 3.99. The summed E-state index contributed by atoms with van der Waals surface area (Å²) >= 11 is 12.7. The Hall–Kier alpha value is -1.49. The summed E-state index contributed by atoms with van der Waals surface area (Å²) in [5.41, 5.74) is 4.86. The van der Waals surface area contributed by atoms with Crippen molar-refractivity contribution in [1.29, 1.82) is 0 Å². The molecule has 0 unspecified atom stereocenters. The largest absolute Gasteiger partial charge is 0.440 e. The van der Waals surface area contributed by atoms with E-state index in [1.165, 1.54) is 18.4 Å². The molecule has 1 saturated carbocycles. The molecule has 4 rings (SSSR count). The quantitative estimate of drug-likeness (QED) is 0.385. The van der Waals surface area contributed by atoms with E-state index in [1.54, 1.807) is 6.07 Å². The van der Waals surface area contributed by atoms with Crippen molar-refractivity contribution in [3.8, 4) is 11.3 Å². The van der Waals surface area contributed by atoms with Gasteiger partial charge in [-0.3, -0.25) is 4.90 Å². The van der Waals surface area contributed by atoms with Crippen LogP contribution >= 0.6 is 23.2 Å². The third kappa shape index (κ3) is 4.21. The highest BCUT2D eigenvalue weighted by Crippen LogP contribution is 2.39. The predicted octanol–water partition coefficient (Wildman–Crippen LogP) is 6.95. The molecular weight excluding hydrogens is 405 g/mol. The van der Waals surface area contributed by atoms with E-state index >= 15 is 0 Å². The van der Waals surface area contributed by atoms with Crippen LogP contribution in [0.25, 0.3) is 17.0 Å². The van der Waals surface area contributed by atoms with Gasteiger partial charge in [0.1, 0.15) is 11.5 Å². The first-order chi connectivity index (χ1) is 13.9. The van der Waals surface area contributed by atoms with Crippen LogP contribution in [0.4, 0.5) is 0 Å². The molecule has 0 bridgehead atoms. The Bertz CT molecular complexity index is 1020. The molecule has 4 nitrogen and oxygen atoms in total. The molecule has 0 aliphatic heterocycles. The molecular formula is C23H29Cl2N3O. The maximum absolute atomic E-state index is 6.56. The second-order valence-corrected chi connectivity index (χ2v) is 9.40. The lowest BCUT2D eigenvalue weighted by molar-refractivity contribution is 0.254. The number of benzene rings is 1. The van der Waals surface area contributed by atoms with E-state index in [0.717, 1.165) is 60.4 Å². The fraction of sp³-hybridized carbons (Fsp3) is 0.522. The lowest BCUT2D eigenvalue weighted by Crippen LogP contribution is -2.26. The Morgan fingerprint density at radius 1 is 1.28 bits per heavy atom. The minimum atomic E-state index is 0.213. The van der Waals surface area contributed by atoms with Gasteiger partial charge >= 0.3 is 0 Å². The lowest BCUT2D eigenvalue weighted by Gasteiger charge is -2.21. The number of nitrogens with zero attached hydrogens (tertiary/aromatic N) is 3. The van der Waals surface area contributed by atoms with Crippen LogP contribution in [0.5, 0.6) is 0 Å². The molecule has 29 heavy (non-hydrogen) atoms. The van der Waals surface area contributed by atoms with Crippen LogP contribution in [-0.2, 0) is 6.54 Å². The Kier molecular flexibility index (Phi) is 5.97. The number of halogens is 2. The highest BCUT2D eigenvalue weighted by Gasteiger charge is 2.28. The molecule has 0 amide bonds. The minimum absolute atomic E-state index is 0.213. The number of hydrogen-bond acceptors (Lipinski definition) is 3. The SMILES string of the molecule is CCCN(Cc1c(C)nn2c(-c3ccc(Cl)cc3Cl)c(C(C)C)oc12)CC1CC1. The van der Waals surface area contributed by atoms with Crippen molar-refractivity contribution in [3.63, 3.8) is 0 Å². The third-order valence-electron chi connectivity index (χ3n) is 5.63. The van der Waals surface area contributed by atoms with E-state index in [2.05, 4.69) is 32.6 Å². The summed E-state index contributed by atoms with van der Waals surface area (Å²) in [6, 6.07) is 5.59. The predicted molar refractivity (Wildman–Crippen MR) is 120 cm³/mol. The van der Waals surface area contributed by atoms with Gasteiger partial charge in [-0.15, -0.1) is 0 Å². The van der Waals surface area contributed by atoms with Gasteiger partial charge in [-0.2, -0.15) is 9.61 Å². The van der Waals surface area contributed by atoms with Crippen LogP contribution in [0, 0.1) is 12.8 Å². The summed E-state index contributed by atoms with van der Waals surface area (Å²) in [6.07, 6.45) is 3.87. The third-order valence-corrected chi connectivity index (χ3v) is 6.18. The van der Waals surface area contributed by atoms with Gasteiger partial charge in [-0.1, -0.05) is 44.0 Å². The summed E-state index contributed by atoms with van der Waals surface area (Å²) in [5, 5.41) is 6.10. The standard InChI is InChI=1S/C23H29Cl2N3O/c1-5-10-27(12-16-6-7-16)13-19-15(4)26-28-21(22(14(2)3)29-23(19)28)18-9-8-17(24)11-20(18)25/h8-9,11,14,16H,5-7,10,12-13H2,1-4H3. The molecule has 0 atom stereocenters. The van der Waals surface area contributed by atoms with Gasteiger partial charge in [-0.05, 0) is 56.8 Å². The van der Waals surface area contributed by atoms with E-state index in [-0.39, 0.29) is 5.92 Å². The van der Waals surface area contributed by atoms with Crippen molar-refractivity contribution < 1.29 is 4.42 Å². The zero-order chi connectivity index (χ0) is 20.7. The zero-order valence-electron chi connectivity index (χ0n) is 17.6.